The number of halogens is 3. The van der Waals surface area contributed by atoms with Crippen LogP contribution >= 0.6 is 27.5 Å². The first-order valence-electron chi connectivity index (χ1n) is 3.58. The largest absolute Gasteiger partial charge is 0.241 e. The van der Waals surface area contributed by atoms with Crippen LogP contribution in [0, 0.1) is 5.82 Å². The lowest BCUT2D eigenvalue weighted by molar-refractivity contribution is 0.634. The number of fused-ring (bicyclic) bond motifs is 1. The molecule has 0 fully saturated rings. The Labute approximate surface area is 87.7 Å². The van der Waals surface area contributed by atoms with E-state index in [2.05, 4.69) is 20.9 Å². The zero-order valence-electron chi connectivity index (χ0n) is 6.39. The van der Waals surface area contributed by atoms with Crippen LogP contribution in [0.25, 0.3) is 10.8 Å². The summed E-state index contributed by atoms with van der Waals surface area (Å²) < 4.78 is 14.0. The molecule has 66 valence electrons. The van der Waals surface area contributed by atoms with Gasteiger partial charge in [0.2, 0.25) is 0 Å². The van der Waals surface area contributed by atoms with Gasteiger partial charge in [0.25, 0.3) is 0 Å². The lowest BCUT2D eigenvalue weighted by Gasteiger charge is -2.00. The highest BCUT2D eigenvalue weighted by atomic mass is 79.9. The molecule has 0 saturated heterocycles. The van der Waals surface area contributed by atoms with E-state index in [9.17, 15) is 4.39 Å². The van der Waals surface area contributed by atoms with Gasteiger partial charge in [0, 0.05) is 15.2 Å². The molecule has 0 unspecified atom stereocenters. The fourth-order valence-corrected chi connectivity index (χ4v) is 1.72. The lowest BCUT2D eigenvalue weighted by atomic mass is 10.2. The van der Waals surface area contributed by atoms with Crippen LogP contribution in [0.2, 0.25) is 5.15 Å². The third-order valence-corrected chi connectivity index (χ3v) is 2.55. The molecule has 0 aliphatic carbocycles. The molecule has 0 amide bonds. The van der Waals surface area contributed by atoms with Crippen LogP contribution < -0.4 is 0 Å². The third kappa shape index (κ3) is 1.54. The molecule has 1 nitrogen and oxygen atoms in total. The Balaban J connectivity index is 2.92. The van der Waals surface area contributed by atoms with Gasteiger partial charge in [-0.15, -0.1) is 0 Å². The molecule has 0 radical (unpaired) electrons. The van der Waals surface area contributed by atoms with Gasteiger partial charge in [0.15, 0.2) is 0 Å². The smallest absolute Gasteiger partial charge is 0.149 e. The Morgan fingerprint density at radius 2 is 2.08 bits per heavy atom. The molecule has 4 heteroatoms. The Hall–Kier alpha value is -0.670. The van der Waals surface area contributed by atoms with Gasteiger partial charge in [0.05, 0.1) is 6.20 Å². The van der Waals surface area contributed by atoms with Gasteiger partial charge in [-0.1, -0.05) is 33.6 Å². The van der Waals surface area contributed by atoms with Crippen molar-refractivity contribution in [2.75, 3.05) is 0 Å². The number of benzene rings is 1. The summed E-state index contributed by atoms with van der Waals surface area (Å²) in [5.74, 6) is -0.360. The molecule has 2 rings (SSSR count). The summed E-state index contributed by atoms with van der Waals surface area (Å²) in [7, 11) is 0. The van der Waals surface area contributed by atoms with Crippen LogP contribution in [-0.2, 0) is 0 Å². The molecular weight excluding hydrogens is 256 g/mol. The summed E-state index contributed by atoms with van der Waals surface area (Å²) in [4.78, 5) is 3.71. The second kappa shape index (κ2) is 3.24. The Morgan fingerprint density at radius 3 is 2.85 bits per heavy atom. The first-order valence-corrected chi connectivity index (χ1v) is 4.75. The molecule has 1 aromatic carbocycles. The average Bonchev–Trinajstić information content (AvgIpc) is 2.12. The van der Waals surface area contributed by atoms with Gasteiger partial charge in [0.1, 0.15) is 11.0 Å². The second-order valence-electron chi connectivity index (χ2n) is 2.59. The third-order valence-electron chi connectivity index (χ3n) is 1.75. The first kappa shape index (κ1) is 8.91. The number of nitrogens with zero attached hydrogens (tertiary/aromatic N) is 1. The Bertz CT molecular complexity index is 472. The van der Waals surface area contributed by atoms with Crippen molar-refractivity contribution in [3.8, 4) is 0 Å². The van der Waals surface area contributed by atoms with Crippen molar-refractivity contribution < 1.29 is 4.39 Å². The quantitative estimate of drug-likeness (QED) is 0.657. The summed E-state index contributed by atoms with van der Waals surface area (Å²) >= 11 is 9.05. The normalized spacial score (nSPS) is 10.7. The standard InChI is InChI=1S/C9H4BrClFN/c10-5-1-2-6-7(3-5)8(12)4-13-9(6)11/h1-4H. The SMILES string of the molecule is Fc1cnc(Cl)c2ccc(Br)cc12. The molecule has 0 N–H and O–H groups in total. The maximum atomic E-state index is 13.2. The molecule has 0 bridgehead atoms. The van der Waals surface area contributed by atoms with E-state index < -0.39 is 0 Å². The second-order valence-corrected chi connectivity index (χ2v) is 3.86. The van der Waals surface area contributed by atoms with Gasteiger partial charge in [-0.05, 0) is 12.1 Å². The van der Waals surface area contributed by atoms with Crippen molar-refractivity contribution in [1.29, 1.82) is 0 Å². The van der Waals surface area contributed by atoms with Gasteiger partial charge >= 0.3 is 0 Å². The van der Waals surface area contributed by atoms with Gasteiger partial charge in [-0.25, -0.2) is 9.37 Å². The minimum Gasteiger partial charge on any atom is -0.241 e. The molecule has 1 aromatic heterocycles. The summed E-state index contributed by atoms with van der Waals surface area (Å²) in [5.41, 5.74) is 0. The van der Waals surface area contributed by atoms with Crippen LogP contribution in [0.1, 0.15) is 0 Å². The van der Waals surface area contributed by atoms with Crippen LogP contribution in [0.4, 0.5) is 4.39 Å². The first-order chi connectivity index (χ1) is 6.18. The Morgan fingerprint density at radius 1 is 1.31 bits per heavy atom. The minimum atomic E-state index is -0.360. The van der Waals surface area contributed by atoms with Crippen molar-refractivity contribution in [3.05, 3.63) is 39.8 Å². The topological polar surface area (TPSA) is 12.9 Å². The van der Waals surface area contributed by atoms with E-state index in [1.807, 2.05) is 0 Å². The molecule has 13 heavy (non-hydrogen) atoms. The van der Waals surface area contributed by atoms with E-state index in [-0.39, 0.29) is 5.82 Å². The monoisotopic (exact) mass is 259 g/mol. The van der Waals surface area contributed by atoms with Crippen molar-refractivity contribution in [2.24, 2.45) is 0 Å². The fraction of sp³-hybridized carbons (Fsp3) is 0. The maximum absolute atomic E-state index is 13.2. The van der Waals surface area contributed by atoms with Crippen molar-refractivity contribution in [3.63, 3.8) is 0 Å². The minimum absolute atomic E-state index is 0.323. The average molecular weight is 260 g/mol. The fourth-order valence-electron chi connectivity index (χ4n) is 1.15. The van der Waals surface area contributed by atoms with Crippen LogP contribution in [0.3, 0.4) is 0 Å². The van der Waals surface area contributed by atoms with Gasteiger partial charge in [-0.3, -0.25) is 0 Å². The highest BCUT2D eigenvalue weighted by Crippen LogP contribution is 2.26. The van der Waals surface area contributed by atoms with E-state index in [0.717, 1.165) is 10.7 Å². The van der Waals surface area contributed by atoms with Gasteiger partial charge in [-0.2, -0.15) is 0 Å². The number of rotatable bonds is 0. The number of pyridine rings is 1. The van der Waals surface area contributed by atoms with E-state index in [1.165, 1.54) is 0 Å². The zero-order chi connectivity index (χ0) is 9.42. The molecule has 0 aliphatic rings. The predicted octanol–water partition coefficient (Wildman–Crippen LogP) is 3.79. The van der Waals surface area contributed by atoms with Crippen LogP contribution in [0.5, 0.6) is 0 Å². The predicted molar refractivity (Wildman–Crippen MR) is 54.4 cm³/mol. The molecule has 0 spiro atoms. The van der Waals surface area contributed by atoms with Crippen molar-refractivity contribution in [2.45, 2.75) is 0 Å². The van der Waals surface area contributed by atoms with Crippen molar-refractivity contribution in [1.82, 2.24) is 4.98 Å². The van der Waals surface area contributed by atoms with Crippen LogP contribution in [0.15, 0.2) is 28.9 Å². The van der Waals surface area contributed by atoms with E-state index in [4.69, 9.17) is 11.6 Å². The molecular formula is C9H4BrClFN. The van der Waals surface area contributed by atoms with E-state index in [1.54, 1.807) is 18.2 Å². The Kier molecular flexibility index (Phi) is 2.22. The van der Waals surface area contributed by atoms with Gasteiger partial charge < -0.3 is 0 Å². The number of hydrogen-bond acceptors (Lipinski definition) is 1. The number of aromatic nitrogens is 1. The molecule has 0 aliphatic heterocycles. The summed E-state index contributed by atoms with van der Waals surface area (Å²) in [6.45, 7) is 0. The maximum Gasteiger partial charge on any atom is 0.149 e. The highest BCUT2D eigenvalue weighted by molar-refractivity contribution is 9.10. The number of hydrogen-bond donors (Lipinski definition) is 0. The molecule has 1 heterocycles. The summed E-state index contributed by atoms with van der Waals surface area (Å²) in [5, 5.41) is 1.43. The summed E-state index contributed by atoms with van der Waals surface area (Å²) in [6.07, 6.45) is 1.12. The molecule has 0 atom stereocenters. The summed E-state index contributed by atoms with van der Waals surface area (Å²) in [6, 6.07) is 5.21. The molecule has 0 saturated carbocycles. The van der Waals surface area contributed by atoms with Crippen LogP contribution in [-0.4, -0.2) is 4.98 Å². The zero-order valence-corrected chi connectivity index (χ0v) is 8.73. The van der Waals surface area contributed by atoms with Crippen molar-refractivity contribution >= 4 is 38.3 Å². The lowest BCUT2D eigenvalue weighted by Crippen LogP contribution is -1.84. The highest BCUT2D eigenvalue weighted by Gasteiger charge is 2.05. The van der Waals surface area contributed by atoms with E-state index >= 15 is 0 Å². The molecule has 2 aromatic rings. The van der Waals surface area contributed by atoms with E-state index in [0.29, 0.717) is 15.9 Å².